The minimum absolute atomic E-state index is 0.295. The standard InChI is InChI=1S/C31H26N4O2S/c1-21-10-9-13-23(18-21)32-30(36)20-31(37)35-26(22-11-3-2-4-12-22)19-29(33-35)34-24-14-5-7-16-27(24)38-28-17-8-6-15-25(28)34/h2-18,26H,19-20H2,1H3,(H,32,36)/t26-/m0/s1. The molecule has 2 aliphatic rings. The zero-order valence-corrected chi connectivity index (χ0v) is 21.7. The van der Waals surface area contributed by atoms with Gasteiger partial charge in [-0.2, -0.15) is 5.10 Å². The van der Waals surface area contributed by atoms with Gasteiger partial charge in [0.2, 0.25) is 5.91 Å². The van der Waals surface area contributed by atoms with Gasteiger partial charge in [-0.1, -0.05) is 78.5 Å². The fourth-order valence-electron chi connectivity index (χ4n) is 4.92. The van der Waals surface area contributed by atoms with Gasteiger partial charge in [-0.25, -0.2) is 5.01 Å². The molecule has 0 saturated heterocycles. The lowest BCUT2D eigenvalue weighted by Crippen LogP contribution is -2.30. The van der Waals surface area contributed by atoms with Crippen LogP contribution >= 0.6 is 11.8 Å². The highest BCUT2D eigenvalue weighted by atomic mass is 32.2. The van der Waals surface area contributed by atoms with Crippen LogP contribution in [0.1, 0.15) is 30.0 Å². The highest BCUT2D eigenvalue weighted by molar-refractivity contribution is 7.99. The van der Waals surface area contributed by atoms with Crippen LogP contribution in [0.15, 0.2) is 118 Å². The minimum atomic E-state index is -0.360. The summed E-state index contributed by atoms with van der Waals surface area (Å²) < 4.78 is 0. The third kappa shape index (κ3) is 4.68. The number of carbonyl (C=O) groups excluding carboxylic acids is 2. The lowest BCUT2D eigenvalue weighted by Gasteiger charge is -2.32. The monoisotopic (exact) mass is 518 g/mol. The maximum absolute atomic E-state index is 13.6. The summed E-state index contributed by atoms with van der Waals surface area (Å²) in [4.78, 5) is 30.8. The Morgan fingerprint density at radius 1 is 0.868 bits per heavy atom. The Bertz CT molecular complexity index is 1510. The quantitative estimate of drug-likeness (QED) is 0.298. The number of benzene rings is 4. The number of hydrazone groups is 1. The first kappa shape index (κ1) is 24.0. The minimum Gasteiger partial charge on any atom is -0.326 e. The van der Waals surface area contributed by atoms with Gasteiger partial charge in [0.05, 0.1) is 17.4 Å². The SMILES string of the molecule is Cc1cccc(NC(=O)CC(=O)N2N=C(N3c4ccccc4Sc4ccccc43)C[C@H]2c2ccccc2)c1. The molecule has 0 radical (unpaired) electrons. The van der Waals surface area contributed by atoms with E-state index in [1.54, 1.807) is 11.8 Å². The average Bonchev–Trinajstić information content (AvgIpc) is 3.37. The highest BCUT2D eigenvalue weighted by Crippen LogP contribution is 2.49. The number of carbonyl (C=O) groups is 2. The van der Waals surface area contributed by atoms with Gasteiger partial charge in [0.15, 0.2) is 0 Å². The third-order valence-electron chi connectivity index (χ3n) is 6.64. The van der Waals surface area contributed by atoms with Crippen LogP contribution in [0, 0.1) is 6.92 Å². The summed E-state index contributed by atoms with van der Waals surface area (Å²) in [6.45, 7) is 1.96. The summed E-state index contributed by atoms with van der Waals surface area (Å²) in [5.74, 6) is 0.0691. The second-order valence-corrected chi connectivity index (χ2v) is 10.4. The maximum atomic E-state index is 13.6. The van der Waals surface area contributed by atoms with Crippen LogP contribution in [0.5, 0.6) is 0 Å². The largest absolute Gasteiger partial charge is 0.326 e. The fraction of sp³-hybridized carbons (Fsp3) is 0.129. The van der Waals surface area contributed by atoms with Crippen molar-refractivity contribution in [3.8, 4) is 0 Å². The van der Waals surface area contributed by atoms with E-state index >= 15 is 0 Å². The van der Waals surface area contributed by atoms with Crippen LogP contribution in [-0.2, 0) is 9.59 Å². The molecule has 2 amide bonds. The molecule has 0 aliphatic carbocycles. The number of nitrogens with zero attached hydrogens (tertiary/aromatic N) is 3. The molecule has 7 heteroatoms. The number of nitrogens with one attached hydrogen (secondary N) is 1. The Balaban J connectivity index is 1.33. The number of anilines is 3. The molecular formula is C31H26N4O2S. The fourth-order valence-corrected chi connectivity index (χ4v) is 5.98. The van der Waals surface area contributed by atoms with Crippen molar-refractivity contribution in [2.24, 2.45) is 5.10 Å². The van der Waals surface area contributed by atoms with Gasteiger partial charge in [-0.05, 0) is 54.4 Å². The van der Waals surface area contributed by atoms with Gasteiger partial charge in [0, 0.05) is 21.9 Å². The first-order valence-electron chi connectivity index (χ1n) is 12.5. The Labute approximate surface area is 226 Å². The number of amides is 2. The third-order valence-corrected chi connectivity index (χ3v) is 7.77. The van der Waals surface area contributed by atoms with Crippen molar-refractivity contribution in [1.29, 1.82) is 0 Å². The average molecular weight is 519 g/mol. The van der Waals surface area contributed by atoms with E-state index in [1.165, 1.54) is 5.01 Å². The van der Waals surface area contributed by atoms with Gasteiger partial charge >= 0.3 is 0 Å². The van der Waals surface area contributed by atoms with E-state index in [1.807, 2.05) is 85.8 Å². The molecule has 2 heterocycles. The van der Waals surface area contributed by atoms with E-state index in [4.69, 9.17) is 5.10 Å². The summed E-state index contributed by atoms with van der Waals surface area (Å²) >= 11 is 1.73. The van der Waals surface area contributed by atoms with Crippen molar-refractivity contribution in [3.05, 3.63) is 114 Å². The molecular weight excluding hydrogens is 492 g/mol. The Kier molecular flexibility index (Phi) is 6.43. The molecule has 0 unspecified atom stereocenters. The first-order chi connectivity index (χ1) is 18.6. The number of para-hydroxylation sites is 2. The van der Waals surface area contributed by atoms with E-state index in [9.17, 15) is 9.59 Å². The molecule has 4 aromatic rings. The van der Waals surface area contributed by atoms with Crippen LogP contribution in [0.25, 0.3) is 0 Å². The molecule has 4 aromatic carbocycles. The van der Waals surface area contributed by atoms with Gasteiger partial charge in [0.1, 0.15) is 12.3 Å². The van der Waals surface area contributed by atoms with Gasteiger partial charge < -0.3 is 5.32 Å². The number of amidine groups is 1. The maximum Gasteiger partial charge on any atom is 0.252 e. The molecule has 38 heavy (non-hydrogen) atoms. The molecule has 0 fully saturated rings. The molecule has 6 nitrogen and oxygen atoms in total. The van der Waals surface area contributed by atoms with E-state index in [0.717, 1.165) is 38.1 Å². The van der Waals surface area contributed by atoms with E-state index in [2.05, 4.69) is 34.5 Å². The van der Waals surface area contributed by atoms with Gasteiger partial charge in [-0.3, -0.25) is 14.5 Å². The zero-order chi connectivity index (χ0) is 26.1. The van der Waals surface area contributed by atoms with Crippen molar-refractivity contribution >= 4 is 46.5 Å². The number of hydrogen-bond donors (Lipinski definition) is 1. The topological polar surface area (TPSA) is 65.0 Å². The van der Waals surface area contributed by atoms with Crippen LogP contribution in [-0.4, -0.2) is 22.7 Å². The molecule has 188 valence electrons. The summed E-state index contributed by atoms with van der Waals surface area (Å²) in [5.41, 5.74) is 4.76. The molecule has 2 aliphatic heterocycles. The molecule has 0 bridgehead atoms. The van der Waals surface area contributed by atoms with Crippen LogP contribution in [0.4, 0.5) is 17.1 Å². The van der Waals surface area contributed by atoms with Crippen molar-refractivity contribution in [2.75, 3.05) is 10.2 Å². The van der Waals surface area contributed by atoms with Crippen LogP contribution < -0.4 is 10.2 Å². The van der Waals surface area contributed by atoms with Gasteiger partial charge in [-0.15, -0.1) is 0 Å². The van der Waals surface area contributed by atoms with Crippen molar-refractivity contribution in [2.45, 2.75) is 35.6 Å². The van der Waals surface area contributed by atoms with Crippen LogP contribution in [0.3, 0.4) is 0 Å². The Hall–Kier alpha value is -4.36. The Morgan fingerprint density at radius 3 is 2.21 bits per heavy atom. The predicted octanol–water partition coefficient (Wildman–Crippen LogP) is 6.91. The van der Waals surface area contributed by atoms with E-state index in [0.29, 0.717) is 12.1 Å². The number of fused-ring (bicyclic) bond motifs is 2. The second kappa shape index (κ2) is 10.2. The smallest absolute Gasteiger partial charge is 0.252 e. The molecule has 0 spiro atoms. The number of rotatable bonds is 4. The number of hydrogen-bond acceptors (Lipinski definition) is 5. The van der Waals surface area contributed by atoms with Crippen molar-refractivity contribution in [1.82, 2.24) is 5.01 Å². The van der Waals surface area contributed by atoms with Crippen molar-refractivity contribution in [3.63, 3.8) is 0 Å². The van der Waals surface area contributed by atoms with Crippen LogP contribution in [0.2, 0.25) is 0 Å². The summed E-state index contributed by atoms with van der Waals surface area (Å²) in [6.07, 6.45) is 0.236. The first-order valence-corrected chi connectivity index (χ1v) is 13.4. The number of aryl methyl sites for hydroxylation is 1. The molecule has 1 atom stereocenters. The zero-order valence-electron chi connectivity index (χ0n) is 20.9. The lowest BCUT2D eigenvalue weighted by molar-refractivity contribution is -0.136. The molecule has 0 aromatic heterocycles. The highest BCUT2D eigenvalue weighted by Gasteiger charge is 2.38. The summed E-state index contributed by atoms with van der Waals surface area (Å²) in [6, 6.07) is 33.6. The summed E-state index contributed by atoms with van der Waals surface area (Å²) in [5, 5.41) is 9.22. The predicted molar refractivity (Wildman–Crippen MR) is 152 cm³/mol. The summed E-state index contributed by atoms with van der Waals surface area (Å²) in [7, 11) is 0. The van der Waals surface area contributed by atoms with Gasteiger partial charge in [0.25, 0.3) is 5.91 Å². The van der Waals surface area contributed by atoms with E-state index in [-0.39, 0.29) is 24.3 Å². The molecule has 1 N–H and O–H groups in total. The molecule has 0 saturated carbocycles. The normalized spacial score (nSPS) is 15.9. The van der Waals surface area contributed by atoms with Crippen molar-refractivity contribution < 1.29 is 9.59 Å². The van der Waals surface area contributed by atoms with E-state index < -0.39 is 0 Å². The second-order valence-electron chi connectivity index (χ2n) is 9.35. The Morgan fingerprint density at radius 2 is 1.53 bits per heavy atom. The molecule has 6 rings (SSSR count). The lowest BCUT2D eigenvalue weighted by atomic mass is 10.0.